The van der Waals surface area contributed by atoms with Gasteiger partial charge in [0.15, 0.2) is 11.5 Å². The third kappa shape index (κ3) is 2.41. The van der Waals surface area contributed by atoms with E-state index in [0.29, 0.717) is 30.2 Å². The molecule has 3 rings (SSSR count). The molecule has 1 aromatic carbocycles. The second-order valence-electron chi connectivity index (χ2n) is 5.07. The van der Waals surface area contributed by atoms with Crippen LogP contribution < -0.4 is 9.47 Å². The van der Waals surface area contributed by atoms with Gasteiger partial charge in [-0.05, 0) is 30.5 Å². The molecule has 2 heterocycles. The fourth-order valence-corrected chi connectivity index (χ4v) is 2.64. The van der Waals surface area contributed by atoms with Crippen LogP contribution in [0.5, 0.6) is 11.5 Å². The van der Waals surface area contributed by atoms with Crippen LogP contribution in [0.25, 0.3) is 0 Å². The monoisotopic (exact) mass is 277 g/mol. The van der Waals surface area contributed by atoms with Gasteiger partial charge in [-0.1, -0.05) is 0 Å². The van der Waals surface area contributed by atoms with E-state index in [2.05, 4.69) is 0 Å². The average Bonchev–Trinajstić information content (AvgIpc) is 3.04. The van der Waals surface area contributed by atoms with Gasteiger partial charge in [-0.15, -0.1) is 0 Å². The highest BCUT2D eigenvalue weighted by molar-refractivity contribution is 5.95. The lowest BCUT2D eigenvalue weighted by molar-refractivity contribution is -0.138. The number of aliphatic carboxylic acids is 1. The molecular weight excluding hydrogens is 262 g/mol. The Kier molecular flexibility index (Phi) is 3.22. The Morgan fingerprint density at radius 2 is 2.10 bits per heavy atom. The first-order valence-electron chi connectivity index (χ1n) is 6.54. The van der Waals surface area contributed by atoms with Gasteiger partial charge in [-0.25, -0.2) is 0 Å². The fourth-order valence-electron chi connectivity index (χ4n) is 2.64. The first-order chi connectivity index (χ1) is 9.63. The van der Waals surface area contributed by atoms with Crippen LogP contribution in [0.2, 0.25) is 0 Å². The van der Waals surface area contributed by atoms with Crippen LogP contribution in [0.3, 0.4) is 0 Å². The van der Waals surface area contributed by atoms with E-state index in [9.17, 15) is 9.59 Å². The Morgan fingerprint density at radius 1 is 1.30 bits per heavy atom. The van der Waals surface area contributed by atoms with Crippen LogP contribution >= 0.6 is 0 Å². The molecule has 6 heteroatoms. The van der Waals surface area contributed by atoms with E-state index in [-0.39, 0.29) is 25.0 Å². The van der Waals surface area contributed by atoms with Crippen LogP contribution in [0.4, 0.5) is 0 Å². The van der Waals surface area contributed by atoms with Gasteiger partial charge in [0.1, 0.15) is 0 Å². The van der Waals surface area contributed by atoms with Crippen LogP contribution in [0.15, 0.2) is 18.2 Å². The molecule has 0 bridgehead atoms. The van der Waals surface area contributed by atoms with E-state index >= 15 is 0 Å². The number of carboxylic acids is 1. The van der Waals surface area contributed by atoms with Crippen LogP contribution in [0, 0.1) is 5.92 Å². The number of rotatable bonds is 3. The summed E-state index contributed by atoms with van der Waals surface area (Å²) in [5.74, 6) is 0.373. The van der Waals surface area contributed by atoms with Crippen molar-refractivity contribution in [3.05, 3.63) is 23.8 Å². The number of hydrogen-bond donors (Lipinski definition) is 1. The SMILES string of the molecule is O=C(O)CC1CCN(C(=O)c2ccc3c(c2)OCO3)C1. The highest BCUT2D eigenvalue weighted by atomic mass is 16.7. The molecule has 1 unspecified atom stereocenters. The van der Waals surface area contributed by atoms with E-state index < -0.39 is 5.97 Å². The molecule has 2 aliphatic rings. The number of amides is 1. The molecule has 1 atom stereocenters. The standard InChI is InChI=1S/C14H15NO5/c16-13(17)5-9-3-4-15(7-9)14(18)10-1-2-11-12(6-10)20-8-19-11/h1-2,6,9H,3-5,7-8H2,(H,16,17). The summed E-state index contributed by atoms with van der Waals surface area (Å²) in [5.41, 5.74) is 0.547. The number of carboxylic acid groups (broad SMARTS) is 1. The van der Waals surface area contributed by atoms with Crippen molar-refractivity contribution in [1.29, 1.82) is 0 Å². The van der Waals surface area contributed by atoms with Crippen LogP contribution in [-0.4, -0.2) is 41.8 Å². The van der Waals surface area contributed by atoms with E-state index in [1.807, 2.05) is 0 Å². The minimum atomic E-state index is -0.813. The van der Waals surface area contributed by atoms with Crippen molar-refractivity contribution in [2.45, 2.75) is 12.8 Å². The Morgan fingerprint density at radius 3 is 2.90 bits per heavy atom. The predicted molar refractivity (Wildman–Crippen MR) is 68.8 cm³/mol. The maximum atomic E-state index is 12.4. The summed E-state index contributed by atoms with van der Waals surface area (Å²) in [4.78, 5) is 24.8. The first kappa shape index (κ1) is 12.8. The largest absolute Gasteiger partial charge is 0.481 e. The second kappa shape index (κ2) is 5.03. The van der Waals surface area contributed by atoms with Crippen molar-refractivity contribution in [1.82, 2.24) is 4.90 Å². The summed E-state index contributed by atoms with van der Waals surface area (Å²) in [7, 11) is 0. The van der Waals surface area contributed by atoms with E-state index in [1.165, 1.54) is 0 Å². The lowest BCUT2D eigenvalue weighted by Gasteiger charge is -2.16. The molecule has 106 valence electrons. The summed E-state index contributed by atoms with van der Waals surface area (Å²) in [6, 6.07) is 5.11. The Hall–Kier alpha value is -2.24. The van der Waals surface area contributed by atoms with Crippen molar-refractivity contribution in [3.8, 4) is 11.5 Å². The first-order valence-corrected chi connectivity index (χ1v) is 6.54. The molecule has 0 saturated carbocycles. The molecule has 0 radical (unpaired) electrons. The summed E-state index contributed by atoms with van der Waals surface area (Å²) < 4.78 is 10.5. The molecule has 0 spiro atoms. The topological polar surface area (TPSA) is 76.1 Å². The van der Waals surface area contributed by atoms with Gasteiger partial charge in [0, 0.05) is 25.1 Å². The van der Waals surface area contributed by atoms with Crippen LogP contribution in [0.1, 0.15) is 23.2 Å². The number of ether oxygens (including phenoxy) is 2. The molecule has 1 aromatic rings. The summed E-state index contributed by atoms with van der Waals surface area (Å²) >= 11 is 0. The van der Waals surface area contributed by atoms with Gasteiger partial charge in [0.25, 0.3) is 5.91 Å². The molecule has 1 saturated heterocycles. The quantitative estimate of drug-likeness (QED) is 0.902. The highest BCUT2D eigenvalue weighted by Gasteiger charge is 2.29. The number of fused-ring (bicyclic) bond motifs is 1. The maximum Gasteiger partial charge on any atom is 0.303 e. The molecule has 0 aliphatic carbocycles. The third-order valence-electron chi connectivity index (χ3n) is 3.66. The number of nitrogens with zero attached hydrogens (tertiary/aromatic N) is 1. The minimum Gasteiger partial charge on any atom is -0.481 e. The summed E-state index contributed by atoms with van der Waals surface area (Å²) in [6.07, 6.45) is 0.855. The zero-order chi connectivity index (χ0) is 14.1. The molecule has 6 nitrogen and oxygen atoms in total. The van der Waals surface area contributed by atoms with Gasteiger partial charge >= 0.3 is 5.97 Å². The lowest BCUT2D eigenvalue weighted by Crippen LogP contribution is -2.28. The van der Waals surface area contributed by atoms with E-state index in [1.54, 1.807) is 23.1 Å². The average molecular weight is 277 g/mol. The molecule has 1 fully saturated rings. The van der Waals surface area contributed by atoms with Crippen molar-refractivity contribution < 1.29 is 24.2 Å². The Bertz CT molecular complexity index is 556. The lowest BCUT2D eigenvalue weighted by atomic mass is 10.1. The van der Waals surface area contributed by atoms with Crippen molar-refractivity contribution in [3.63, 3.8) is 0 Å². The molecule has 1 amide bonds. The zero-order valence-electron chi connectivity index (χ0n) is 10.9. The van der Waals surface area contributed by atoms with Crippen molar-refractivity contribution in [2.24, 2.45) is 5.92 Å². The van der Waals surface area contributed by atoms with Gasteiger partial charge < -0.3 is 19.5 Å². The third-order valence-corrected chi connectivity index (χ3v) is 3.66. The predicted octanol–water partition coefficient (Wildman–Crippen LogP) is 1.35. The highest BCUT2D eigenvalue weighted by Crippen LogP contribution is 2.33. The number of likely N-dealkylation sites (tertiary alicyclic amines) is 1. The Balaban J connectivity index is 1.69. The molecular formula is C14H15NO5. The summed E-state index contributed by atoms with van der Waals surface area (Å²) in [6.45, 7) is 1.28. The van der Waals surface area contributed by atoms with Gasteiger partial charge in [-0.3, -0.25) is 9.59 Å². The Labute approximate surface area is 115 Å². The molecule has 2 aliphatic heterocycles. The van der Waals surface area contributed by atoms with Gasteiger partial charge in [0.2, 0.25) is 6.79 Å². The van der Waals surface area contributed by atoms with Gasteiger partial charge in [-0.2, -0.15) is 0 Å². The maximum absolute atomic E-state index is 12.4. The number of carbonyl (C=O) groups is 2. The molecule has 20 heavy (non-hydrogen) atoms. The number of hydrogen-bond acceptors (Lipinski definition) is 4. The number of benzene rings is 1. The van der Waals surface area contributed by atoms with Crippen molar-refractivity contribution >= 4 is 11.9 Å². The molecule has 0 aromatic heterocycles. The molecule has 1 N–H and O–H groups in total. The second-order valence-corrected chi connectivity index (χ2v) is 5.07. The number of carbonyl (C=O) groups excluding carboxylic acids is 1. The van der Waals surface area contributed by atoms with E-state index in [4.69, 9.17) is 14.6 Å². The summed E-state index contributed by atoms with van der Waals surface area (Å²) in [5, 5.41) is 8.79. The van der Waals surface area contributed by atoms with Crippen molar-refractivity contribution in [2.75, 3.05) is 19.9 Å². The van der Waals surface area contributed by atoms with E-state index in [0.717, 1.165) is 6.42 Å². The zero-order valence-corrected chi connectivity index (χ0v) is 10.9. The van der Waals surface area contributed by atoms with Crippen LogP contribution in [-0.2, 0) is 4.79 Å². The van der Waals surface area contributed by atoms with Gasteiger partial charge in [0.05, 0.1) is 0 Å². The minimum absolute atomic E-state index is 0.0467. The normalized spacial score (nSPS) is 20.2. The fraction of sp³-hybridized carbons (Fsp3) is 0.429. The smallest absolute Gasteiger partial charge is 0.303 e.